The summed E-state index contributed by atoms with van der Waals surface area (Å²) in [5.74, 6) is 1.95. The number of nitrogens with one attached hydrogen (secondary N) is 2. The van der Waals surface area contributed by atoms with Crippen LogP contribution in [0.3, 0.4) is 0 Å². The molecule has 4 N–H and O–H groups in total. The molecule has 0 radical (unpaired) electrons. The summed E-state index contributed by atoms with van der Waals surface area (Å²) in [6.45, 7) is 15.8. The van der Waals surface area contributed by atoms with Crippen LogP contribution in [0.1, 0.15) is 42.5 Å². The number of fused-ring (bicyclic) bond motifs is 2. The van der Waals surface area contributed by atoms with Gasteiger partial charge in [-0.3, -0.25) is 10.1 Å². The van der Waals surface area contributed by atoms with Crippen LogP contribution in [0.5, 0.6) is 11.5 Å². The van der Waals surface area contributed by atoms with E-state index in [4.69, 9.17) is 25.2 Å². The molecule has 0 saturated heterocycles. The first-order valence-electron chi connectivity index (χ1n) is 24.3. The van der Waals surface area contributed by atoms with Crippen molar-refractivity contribution in [2.45, 2.75) is 42.5 Å². The highest BCUT2D eigenvalue weighted by Crippen LogP contribution is 2.40. The third-order valence-corrected chi connectivity index (χ3v) is 13.1. The number of ether oxygens (including phenoxy) is 2. The number of nitrogens with zero attached hydrogens (tertiary/aromatic N) is 11. The van der Waals surface area contributed by atoms with E-state index in [0.717, 1.165) is 102 Å². The highest BCUT2D eigenvalue weighted by atomic mass is 16.6. The van der Waals surface area contributed by atoms with Crippen LogP contribution in [0.4, 0.5) is 46.0 Å². The van der Waals surface area contributed by atoms with E-state index in [-0.39, 0.29) is 25.5 Å². The Morgan fingerprint density at radius 2 is 1.04 bits per heavy atom. The SMILES string of the molecule is C.C.CCN(CC)CCN(C)c1cc(OC)c(Nc2nccc(-c3cn(C)c4ccccc34)n2)cc1N.CCN(CC)CCN(C)c1cc(OC)c(Nc2nccc(-c3cn(C)c4ccccc34)n2)cc1[N+](=O)[O-]. The second-order valence-electron chi connectivity index (χ2n) is 17.4. The third kappa shape index (κ3) is 13.0. The summed E-state index contributed by atoms with van der Waals surface area (Å²) in [4.78, 5) is 38.6. The minimum atomic E-state index is -0.374. The molecule has 74 heavy (non-hydrogen) atoms. The number of hydrogen-bond acceptors (Lipinski definition) is 15. The van der Waals surface area contributed by atoms with Crippen LogP contribution < -0.4 is 35.6 Å². The Kier molecular flexibility index (Phi) is 20.1. The lowest BCUT2D eigenvalue weighted by Crippen LogP contribution is -2.33. The number of benzene rings is 4. The highest BCUT2D eigenvalue weighted by molar-refractivity contribution is 5.96. The molecule has 18 heteroatoms. The number of anilines is 7. The van der Waals surface area contributed by atoms with Crippen molar-refractivity contribution in [1.29, 1.82) is 0 Å². The Balaban J connectivity index is 0.000000267. The van der Waals surface area contributed by atoms with Gasteiger partial charge in [0.1, 0.15) is 17.2 Å². The molecular formula is C56H76N14O4. The lowest BCUT2D eigenvalue weighted by Gasteiger charge is -2.26. The number of methoxy groups -OCH3 is 2. The van der Waals surface area contributed by atoms with Crippen molar-refractivity contribution >= 4 is 67.8 Å². The largest absolute Gasteiger partial charge is 0.494 e. The molecule has 0 unspecified atom stereocenters. The van der Waals surface area contributed by atoms with Crippen molar-refractivity contribution in [3.05, 3.63) is 120 Å². The van der Waals surface area contributed by atoms with Gasteiger partial charge in [-0.2, -0.15) is 0 Å². The molecule has 0 aliphatic rings. The fourth-order valence-electron chi connectivity index (χ4n) is 8.83. The van der Waals surface area contributed by atoms with Gasteiger partial charge in [-0.05, 0) is 56.5 Å². The van der Waals surface area contributed by atoms with Crippen LogP contribution >= 0.6 is 0 Å². The number of aromatic nitrogens is 6. The van der Waals surface area contributed by atoms with E-state index >= 15 is 0 Å². The van der Waals surface area contributed by atoms with Gasteiger partial charge in [-0.15, -0.1) is 0 Å². The van der Waals surface area contributed by atoms with Crippen LogP contribution in [-0.4, -0.2) is 124 Å². The lowest BCUT2D eigenvalue weighted by atomic mass is 10.1. The zero-order chi connectivity index (χ0) is 51.5. The van der Waals surface area contributed by atoms with Crippen LogP contribution in [0, 0.1) is 10.1 Å². The van der Waals surface area contributed by atoms with Gasteiger partial charge in [0.05, 0.1) is 53.3 Å². The molecule has 0 amide bonds. The smallest absolute Gasteiger partial charge is 0.294 e. The molecule has 394 valence electrons. The molecule has 18 nitrogen and oxygen atoms in total. The number of nitro benzene ring substituents is 1. The molecular weight excluding hydrogens is 933 g/mol. The lowest BCUT2D eigenvalue weighted by molar-refractivity contribution is -0.384. The molecule has 0 bridgehead atoms. The van der Waals surface area contributed by atoms with Gasteiger partial charge in [-0.1, -0.05) is 78.9 Å². The van der Waals surface area contributed by atoms with Crippen molar-refractivity contribution < 1.29 is 14.4 Å². The molecule has 0 aliphatic carbocycles. The summed E-state index contributed by atoms with van der Waals surface area (Å²) in [7, 11) is 11.1. The Hall–Kier alpha value is -7.96. The van der Waals surface area contributed by atoms with Crippen LogP contribution in [-0.2, 0) is 14.1 Å². The average molecular weight is 1010 g/mol. The normalized spacial score (nSPS) is 10.9. The van der Waals surface area contributed by atoms with Gasteiger partial charge in [0.15, 0.2) is 0 Å². The van der Waals surface area contributed by atoms with Crippen molar-refractivity contribution in [3.8, 4) is 34.0 Å². The van der Waals surface area contributed by atoms with Gasteiger partial charge in [-0.25, -0.2) is 19.9 Å². The van der Waals surface area contributed by atoms with E-state index in [9.17, 15) is 10.1 Å². The minimum Gasteiger partial charge on any atom is -0.494 e. The summed E-state index contributed by atoms with van der Waals surface area (Å²) in [5, 5.41) is 20.7. The van der Waals surface area contributed by atoms with E-state index in [1.165, 1.54) is 6.07 Å². The average Bonchev–Trinajstić information content (AvgIpc) is 3.92. The topological polar surface area (TPSA) is 186 Å². The maximum Gasteiger partial charge on any atom is 0.294 e. The number of hydrogen-bond donors (Lipinski definition) is 3. The highest BCUT2D eigenvalue weighted by Gasteiger charge is 2.23. The summed E-state index contributed by atoms with van der Waals surface area (Å²) < 4.78 is 15.5. The predicted molar refractivity (Wildman–Crippen MR) is 307 cm³/mol. The first-order valence-corrected chi connectivity index (χ1v) is 24.3. The number of nitrogens with two attached hydrogens (primary N) is 1. The number of aryl methyl sites for hydroxylation is 2. The molecule has 0 saturated carbocycles. The van der Waals surface area contributed by atoms with Crippen molar-refractivity contribution in [1.82, 2.24) is 38.9 Å². The molecule has 8 aromatic rings. The fourth-order valence-corrected chi connectivity index (χ4v) is 8.83. The molecule has 0 aliphatic heterocycles. The number of likely N-dealkylation sites (N-methyl/N-ethyl adjacent to an activating group) is 4. The molecule has 0 fully saturated rings. The number of nitro groups is 1. The molecule has 4 aromatic heterocycles. The summed E-state index contributed by atoms with van der Waals surface area (Å²) >= 11 is 0. The predicted octanol–water partition coefficient (Wildman–Crippen LogP) is 11.1. The van der Waals surface area contributed by atoms with Gasteiger partial charge in [0.25, 0.3) is 5.69 Å². The van der Waals surface area contributed by atoms with Crippen molar-refractivity contribution in [3.63, 3.8) is 0 Å². The quantitative estimate of drug-likeness (QED) is 0.0350. The molecule has 8 rings (SSSR count). The third-order valence-electron chi connectivity index (χ3n) is 13.1. The maximum atomic E-state index is 12.0. The molecule has 0 atom stereocenters. The zero-order valence-electron chi connectivity index (χ0n) is 43.2. The van der Waals surface area contributed by atoms with Gasteiger partial charge in [0, 0.05) is 130 Å². The van der Waals surface area contributed by atoms with Gasteiger partial charge < -0.3 is 54.6 Å². The molecule has 0 spiro atoms. The van der Waals surface area contributed by atoms with Crippen LogP contribution in [0.2, 0.25) is 0 Å². The summed E-state index contributed by atoms with van der Waals surface area (Å²) in [6, 6.07) is 27.2. The van der Waals surface area contributed by atoms with Gasteiger partial charge >= 0.3 is 0 Å². The first-order chi connectivity index (χ1) is 34.8. The standard InChI is InChI=1S/C27H33N7O3.C27H35N7O.2CH4/c1-6-33(7-2)15-14-31(3)24-17-26(37-5)22(16-25(24)34(35)36)30-27-28-13-12-21(29-27)20-18-32(4)23-11-9-8-10-19(20)23;1-6-34(7-2)15-14-32(3)25-17-26(35-5)23(16-21(25)28)31-27-29-13-12-22(30-27)20-18-33(4)24-11-9-8-10-19(20)24;;/h8-13,16-18H,6-7,14-15H2,1-5H3,(H,28,29,30);8-13,16-18H,6-7,14-15,28H2,1-5H3,(H,29,30,31);2*1H4. The Bertz CT molecular complexity index is 3110. The van der Waals surface area contributed by atoms with E-state index in [2.05, 4.69) is 110 Å². The van der Waals surface area contributed by atoms with Crippen molar-refractivity contribution in [2.75, 3.05) is 107 Å². The Morgan fingerprint density at radius 1 is 0.622 bits per heavy atom. The summed E-state index contributed by atoms with van der Waals surface area (Å²) in [5.41, 5.74) is 15.6. The van der Waals surface area contributed by atoms with E-state index < -0.39 is 0 Å². The monoisotopic (exact) mass is 1010 g/mol. The maximum absolute atomic E-state index is 12.0. The first kappa shape index (κ1) is 56.9. The second-order valence-corrected chi connectivity index (χ2v) is 17.4. The Morgan fingerprint density at radius 3 is 1.47 bits per heavy atom. The molecule has 4 heterocycles. The number of nitrogen functional groups attached to an aromatic ring is 1. The molecule has 4 aromatic carbocycles. The van der Waals surface area contributed by atoms with E-state index in [0.29, 0.717) is 47.0 Å². The summed E-state index contributed by atoms with van der Waals surface area (Å²) in [6.07, 6.45) is 7.56. The van der Waals surface area contributed by atoms with Gasteiger partial charge in [0.2, 0.25) is 11.9 Å². The minimum absolute atomic E-state index is 0. The number of rotatable bonds is 21. The fraction of sp³-hybridized carbons (Fsp3) is 0.357. The Labute approximate surface area is 436 Å². The number of para-hydroxylation sites is 2. The second kappa shape index (κ2) is 26.1. The van der Waals surface area contributed by atoms with Crippen LogP contribution in [0.15, 0.2) is 110 Å². The van der Waals surface area contributed by atoms with E-state index in [1.54, 1.807) is 32.7 Å². The van der Waals surface area contributed by atoms with Crippen LogP contribution in [0.25, 0.3) is 44.3 Å². The van der Waals surface area contributed by atoms with Crippen molar-refractivity contribution in [2.24, 2.45) is 14.1 Å². The van der Waals surface area contributed by atoms with E-state index in [1.807, 2.05) is 80.8 Å². The zero-order valence-corrected chi connectivity index (χ0v) is 43.2.